The topological polar surface area (TPSA) is 47.0 Å². The van der Waals surface area contributed by atoms with Crippen molar-refractivity contribution in [2.24, 2.45) is 0 Å². The Hall–Kier alpha value is -2.33. The van der Waals surface area contributed by atoms with Crippen LogP contribution in [-0.4, -0.2) is 23.1 Å². The first-order chi connectivity index (χ1) is 10.7. The number of benzene rings is 2. The first-order valence-corrected chi connectivity index (χ1v) is 7.44. The maximum Gasteiger partial charge on any atom is 0.137 e. The molecule has 22 heavy (non-hydrogen) atoms. The second-order valence-corrected chi connectivity index (χ2v) is 5.36. The summed E-state index contributed by atoms with van der Waals surface area (Å²) in [5, 5.41) is 5.01. The third-order valence-corrected chi connectivity index (χ3v) is 3.57. The molecule has 1 N–H and O–H groups in total. The summed E-state index contributed by atoms with van der Waals surface area (Å²) in [7, 11) is 0. The Morgan fingerprint density at radius 1 is 1.14 bits per heavy atom. The van der Waals surface area contributed by atoms with Gasteiger partial charge in [-0.05, 0) is 42.8 Å². The van der Waals surface area contributed by atoms with Crippen molar-refractivity contribution >= 4 is 28.3 Å². The van der Waals surface area contributed by atoms with Crippen LogP contribution in [0.5, 0.6) is 5.75 Å². The smallest absolute Gasteiger partial charge is 0.137 e. The number of ether oxygens (including phenoxy) is 1. The van der Waals surface area contributed by atoms with Gasteiger partial charge in [-0.2, -0.15) is 0 Å². The number of rotatable bonds is 5. The first-order valence-electron chi connectivity index (χ1n) is 7.06. The number of halogens is 1. The Balaban J connectivity index is 1.61. The fourth-order valence-corrected chi connectivity index (χ4v) is 2.48. The summed E-state index contributed by atoms with van der Waals surface area (Å²) in [5.41, 5.74) is 1.95. The minimum atomic E-state index is 0.542. The van der Waals surface area contributed by atoms with Crippen molar-refractivity contribution in [2.75, 3.05) is 18.5 Å². The van der Waals surface area contributed by atoms with Crippen molar-refractivity contribution in [2.45, 2.75) is 6.92 Å². The summed E-state index contributed by atoms with van der Waals surface area (Å²) in [4.78, 5) is 8.53. The normalized spacial score (nSPS) is 10.6. The zero-order chi connectivity index (χ0) is 15.4. The summed E-state index contributed by atoms with van der Waals surface area (Å²) >= 11 is 5.93. The van der Waals surface area contributed by atoms with Crippen molar-refractivity contribution in [3.8, 4) is 5.75 Å². The summed E-state index contributed by atoms with van der Waals surface area (Å²) in [6.45, 7) is 3.18. The van der Waals surface area contributed by atoms with Crippen LogP contribution in [0.25, 0.3) is 10.9 Å². The van der Waals surface area contributed by atoms with Crippen LogP contribution in [0.2, 0.25) is 5.02 Å². The third-order valence-electron chi connectivity index (χ3n) is 3.33. The van der Waals surface area contributed by atoms with Crippen LogP contribution >= 0.6 is 11.6 Å². The van der Waals surface area contributed by atoms with Gasteiger partial charge in [-0.1, -0.05) is 23.7 Å². The summed E-state index contributed by atoms with van der Waals surface area (Å²) in [5.74, 6) is 1.67. The zero-order valence-corrected chi connectivity index (χ0v) is 13.0. The Morgan fingerprint density at radius 3 is 2.86 bits per heavy atom. The molecule has 0 aliphatic rings. The van der Waals surface area contributed by atoms with E-state index < -0.39 is 0 Å². The molecule has 0 atom stereocenters. The number of aryl methyl sites for hydroxylation is 1. The van der Waals surface area contributed by atoms with Gasteiger partial charge in [0.05, 0.1) is 12.1 Å². The minimum absolute atomic E-state index is 0.542. The van der Waals surface area contributed by atoms with Gasteiger partial charge in [-0.25, -0.2) is 9.97 Å². The number of fused-ring (bicyclic) bond motifs is 1. The molecule has 0 fully saturated rings. The number of hydrogen-bond acceptors (Lipinski definition) is 4. The van der Waals surface area contributed by atoms with Crippen molar-refractivity contribution in [1.82, 2.24) is 9.97 Å². The quantitative estimate of drug-likeness (QED) is 0.721. The van der Waals surface area contributed by atoms with Crippen molar-refractivity contribution in [3.63, 3.8) is 0 Å². The van der Waals surface area contributed by atoms with E-state index in [1.165, 1.54) is 0 Å². The molecule has 2 aromatic carbocycles. The number of para-hydroxylation sites is 1. The first kappa shape index (κ1) is 14.6. The van der Waals surface area contributed by atoms with Crippen LogP contribution in [0.4, 0.5) is 5.82 Å². The van der Waals surface area contributed by atoms with E-state index in [4.69, 9.17) is 16.3 Å². The van der Waals surface area contributed by atoms with Crippen LogP contribution in [0.3, 0.4) is 0 Å². The molecule has 0 amide bonds. The van der Waals surface area contributed by atoms with E-state index in [0.29, 0.717) is 13.2 Å². The fourth-order valence-electron chi connectivity index (χ4n) is 2.25. The van der Waals surface area contributed by atoms with Crippen molar-refractivity contribution in [1.29, 1.82) is 0 Å². The number of hydrogen-bond donors (Lipinski definition) is 1. The van der Waals surface area contributed by atoms with E-state index in [2.05, 4.69) is 15.3 Å². The lowest BCUT2D eigenvalue weighted by Gasteiger charge is -2.11. The molecular weight excluding hydrogens is 298 g/mol. The maximum atomic E-state index is 5.93. The fraction of sp³-hybridized carbons (Fsp3) is 0.176. The summed E-state index contributed by atoms with van der Waals surface area (Å²) in [6.07, 6.45) is 1.56. The lowest BCUT2D eigenvalue weighted by atomic mass is 10.2. The van der Waals surface area contributed by atoms with E-state index in [9.17, 15) is 0 Å². The van der Waals surface area contributed by atoms with E-state index in [1.807, 2.05) is 49.4 Å². The molecule has 0 aliphatic heterocycles. The molecule has 3 aromatic rings. The van der Waals surface area contributed by atoms with Gasteiger partial charge in [0.15, 0.2) is 0 Å². The van der Waals surface area contributed by atoms with Gasteiger partial charge >= 0.3 is 0 Å². The second-order valence-electron chi connectivity index (χ2n) is 4.92. The van der Waals surface area contributed by atoms with Gasteiger partial charge in [0.2, 0.25) is 0 Å². The molecule has 0 unspecified atom stereocenters. The van der Waals surface area contributed by atoms with Gasteiger partial charge in [0, 0.05) is 10.4 Å². The van der Waals surface area contributed by atoms with Gasteiger partial charge in [0.1, 0.15) is 24.5 Å². The molecule has 0 spiro atoms. The average molecular weight is 314 g/mol. The summed E-state index contributed by atoms with van der Waals surface area (Å²) < 4.78 is 5.76. The van der Waals surface area contributed by atoms with E-state index in [0.717, 1.165) is 33.1 Å². The SMILES string of the molecule is Cc1cc(Cl)ccc1OCCNc1ncnc2ccccc12. The monoisotopic (exact) mass is 313 g/mol. The Morgan fingerprint density at radius 2 is 2.00 bits per heavy atom. The maximum absolute atomic E-state index is 5.93. The predicted molar refractivity (Wildman–Crippen MR) is 89.7 cm³/mol. The summed E-state index contributed by atoms with van der Waals surface area (Å²) in [6, 6.07) is 13.5. The lowest BCUT2D eigenvalue weighted by molar-refractivity contribution is 0.330. The van der Waals surface area contributed by atoms with E-state index in [-0.39, 0.29) is 0 Å². The van der Waals surface area contributed by atoms with E-state index >= 15 is 0 Å². The van der Waals surface area contributed by atoms with Crippen LogP contribution in [0.1, 0.15) is 5.56 Å². The predicted octanol–water partition coefficient (Wildman–Crippen LogP) is 4.08. The molecule has 0 aliphatic carbocycles. The molecule has 0 radical (unpaired) electrons. The average Bonchev–Trinajstić information content (AvgIpc) is 2.53. The van der Waals surface area contributed by atoms with Crippen LogP contribution in [0.15, 0.2) is 48.8 Å². The molecule has 3 rings (SSSR count). The highest BCUT2D eigenvalue weighted by Crippen LogP contribution is 2.22. The second kappa shape index (κ2) is 6.62. The van der Waals surface area contributed by atoms with E-state index in [1.54, 1.807) is 6.33 Å². The largest absolute Gasteiger partial charge is 0.491 e. The molecule has 112 valence electrons. The minimum Gasteiger partial charge on any atom is -0.491 e. The van der Waals surface area contributed by atoms with Crippen LogP contribution in [0, 0.1) is 6.92 Å². The number of anilines is 1. The lowest BCUT2D eigenvalue weighted by Crippen LogP contribution is -2.13. The number of nitrogens with one attached hydrogen (secondary N) is 1. The van der Waals surface area contributed by atoms with Gasteiger partial charge < -0.3 is 10.1 Å². The molecule has 0 saturated heterocycles. The Labute approximate surface area is 134 Å². The van der Waals surface area contributed by atoms with Gasteiger partial charge in [-0.3, -0.25) is 0 Å². The highest BCUT2D eigenvalue weighted by Gasteiger charge is 2.03. The highest BCUT2D eigenvalue weighted by atomic mass is 35.5. The van der Waals surface area contributed by atoms with Crippen LogP contribution < -0.4 is 10.1 Å². The molecule has 1 heterocycles. The van der Waals surface area contributed by atoms with Gasteiger partial charge in [-0.15, -0.1) is 0 Å². The molecular formula is C17H16ClN3O. The Bertz CT molecular complexity index is 786. The Kier molecular flexibility index (Phi) is 4.39. The van der Waals surface area contributed by atoms with Gasteiger partial charge in [0.25, 0.3) is 0 Å². The molecule has 0 saturated carbocycles. The zero-order valence-electron chi connectivity index (χ0n) is 12.2. The standard InChI is InChI=1S/C17H16ClN3O/c1-12-10-13(18)6-7-16(12)22-9-8-19-17-14-4-2-3-5-15(14)20-11-21-17/h2-7,10-11H,8-9H2,1H3,(H,19,20,21). The third kappa shape index (κ3) is 3.28. The molecule has 4 nitrogen and oxygen atoms in total. The molecule has 0 bridgehead atoms. The van der Waals surface area contributed by atoms with Crippen molar-refractivity contribution in [3.05, 3.63) is 59.4 Å². The molecule has 1 aromatic heterocycles. The highest BCUT2D eigenvalue weighted by molar-refractivity contribution is 6.30. The number of aromatic nitrogens is 2. The molecule has 5 heteroatoms. The van der Waals surface area contributed by atoms with Crippen LogP contribution in [-0.2, 0) is 0 Å². The van der Waals surface area contributed by atoms with Crippen molar-refractivity contribution < 1.29 is 4.74 Å². The number of nitrogens with zero attached hydrogens (tertiary/aromatic N) is 2.